The number of benzene rings is 1. The van der Waals surface area contributed by atoms with Crippen molar-refractivity contribution in [2.24, 2.45) is 0 Å². The fraction of sp³-hybridized carbons (Fsp3) is 0.214. The van der Waals surface area contributed by atoms with Crippen LogP contribution in [0.4, 0.5) is 0 Å². The number of rotatable bonds is 4. The second-order valence-corrected chi connectivity index (χ2v) is 5.07. The molecule has 0 N–H and O–H groups in total. The lowest BCUT2D eigenvalue weighted by molar-refractivity contribution is 1.07. The summed E-state index contributed by atoms with van der Waals surface area (Å²) in [5.74, 6) is 1.46. The first kappa shape index (κ1) is 15.4. The lowest BCUT2D eigenvalue weighted by Gasteiger charge is -2.08. The molecule has 2 aromatic rings. The zero-order valence-corrected chi connectivity index (χ0v) is 12.5. The minimum Gasteiger partial charge on any atom is -0.260 e. The van der Waals surface area contributed by atoms with Gasteiger partial charge in [0.1, 0.15) is 0 Å². The average molecular weight is 300 g/mol. The van der Waals surface area contributed by atoms with Crippen LogP contribution in [-0.2, 0) is 11.6 Å². The number of nitrogens with zero attached hydrogens (tertiary/aromatic N) is 1. The van der Waals surface area contributed by atoms with Crippen LogP contribution in [0.1, 0.15) is 16.8 Å². The third-order valence-corrected chi connectivity index (χ3v) is 4.11. The summed E-state index contributed by atoms with van der Waals surface area (Å²) in [6.07, 6.45) is 1.83. The normalized spacial score (nSPS) is 9.89. The van der Waals surface area contributed by atoms with Crippen molar-refractivity contribution in [1.29, 1.82) is 0 Å². The number of pyridine rings is 1. The predicted octanol–water partition coefficient (Wildman–Crippen LogP) is 4.84. The van der Waals surface area contributed by atoms with E-state index in [9.17, 15) is 0 Å². The molecular weight excluding hydrogens is 285 g/mol. The van der Waals surface area contributed by atoms with Crippen molar-refractivity contribution in [1.82, 2.24) is 4.98 Å². The van der Waals surface area contributed by atoms with Crippen LogP contribution in [0.2, 0.25) is 0 Å². The molecule has 1 aromatic heterocycles. The maximum Gasteiger partial charge on any atom is 0.0650 e. The number of alkyl halides is 1. The summed E-state index contributed by atoms with van der Waals surface area (Å²) in [5, 5.41) is 0. The van der Waals surface area contributed by atoms with Gasteiger partial charge in [-0.05, 0) is 24.1 Å². The van der Waals surface area contributed by atoms with Crippen LogP contribution < -0.4 is 0 Å². The van der Waals surface area contributed by atoms with Gasteiger partial charge in [0.05, 0.1) is 11.6 Å². The van der Waals surface area contributed by atoms with Crippen molar-refractivity contribution in [3.05, 3.63) is 59.4 Å². The molecule has 0 atom stereocenters. The van der Waals surface area contributed by atoms with Gasteiger partial charge in [-0.1, -0.05) is 30.3 Å². The van der Waals surface area contributed by atoms with E-state index in [1.54, 1.807) is 0 Å². The van der Waals surface area contributed by atoms with Crippen molar-refractivity contribution < 1.29 is 0 Å². The van der Waals surface area contributed by atoms with Gasteiger partial charge in [0.25, 0.3) is 0 Å². The second-order valence-electron chi connectivity index (χ2n) is 3.79. The summed E-state index contributed by atoms with van der Waals surface area (Å²) in [4.78, 5) is 5.53. The Morgan fingerprint density at radius 2 is 1.89 bits per heavy atom. The Hall–Kier alpha value is -0.700. The van der Waals surface area contributed by atoms with Crippen molar-refractivity contribution in [3.63, 3.8) is 0 Å². The molecule has 0 aliphatic rings. The van der Waals surface area contributed by atoms with E-state index in [1.807, 2.05) is 24.0 Å². The van der Waals surface area contributed by atoms with Gasteiger partial charge in [0.15, 0.2) is 0 Å². The SMILES string of the molecule is Cc1c(SCc2ccccc2)ccnc1CCl.Cl. The zero-order valence-electron chi connectivity index (χ0n) is 10.1. The third kappa shape index (κ3) is 3.91. The molecule has 0 bridgehead atoms. The molecule has 1 heterocycles. The summed E-state index contributed by atoms with van der Waals surface area (Å²) in [5.41, 5.74) is 3.51. The van der Waals surface area contributed by atoms with Gasteiger partial charge in [-0.3, -0.25) is 4.98 Å². The van der Waals surface area contributed by atoms with Crippen molar-refractivity contribution in [3.8, 4) is 0 Å². The Kier molecular flexibility index (Phi) is 6.55. The predicted molar refractivity (Wildman–Crippen MR) is 81.8 cm³/mol. The summed E-state index contributed by atoms with van der Waals surface area (Å²) in [7, 11) is 0. The van der Waals surface area contributed by atoms with E-state index in [0.29, 0.717) is 5.88 Å². The van der Waals surface area contributed by atoms with Crippen LogP contribution in [0.3, 0.4) is 0 Å². The quantitative estimate of drug-likeness (QED) is 0.592. The first-order valence-corrected chi connectivity index (χ1v) is 7.00. The van der Waals surface area contributed by atoms with E-state index >= 15 is 0 Å². The van der Waals surface area contributed by atoms with Gasteiger partial charge in [-0.15, -0.1) is 35.8 Å². The molecule has 4 heteroatoms. The van der Waals surface area contributed by atoms with Crippen molar-refractivity contribution in [2.75, 3.05) is 0 Å². The Morgan fingerprint density at radius 1 is 1.17 bits per heavy atom. The summed E-state index contributed by atoms with van der Waals surface area (Å²) < 4.78 is 0. The summed E-state index contributed by atoms with van der Waals surface area (Å²) in [6.45, 7) is 2.08. The molecule has 0 amide bonds. The number of halogens is 2. The molecule has 1 aromatic carbocycles. The Labute approximate surface area is 123 Å². The van der Waals surface area contributed by atoms with Gasteiger partial charge in [-0.2, -0.15) is 0 Å². The second kappa shape index (κ2) is 7.67. The molecule has 0 saturated carbocycles. The highest BCUT2D eigenvalue weighted by atomic mass is 35.5. The molecular formula is C14H15Cl2NS. The van der Waals surface area contributed by atoms with Crippen LogP contribution >= 0.6 is 35.8 Å². The largest absolute Gasteiger partial charge is 0.260 e. The van der Waals surface area contributed by atoms with Crippen LogP contribution in [-0.4, -0.2) is 4.98 Å². The molecule has 2 rings (SSSR count). The molecule has 1 nitrogen and oxygen atoms in total. The maximum atomic E-state index is 5.85. The highest BCUT2D eigenvalue weighted by Crippen LogP contribution is 2.27. The smallest absolute Gasteiger partial charge is 0.0650 e. The molecule has 96 valence electrons. The first-order chi connectivity index (χ1) is 8.31. The lowest BCUT2D eigenvalue weighted by Crippen LogP contribution is -1.92. The molecule has 0 aliphatic heterocycles. The molecule has 0 saturated heterocycles. The minimum atomic E-state index is 0. The van der Waals surface area contributed by atoms with Crippen molar-refractivity contribution >= 4 is 35.8 Å². The van der Waals surface area contributed by atoms with Crippen LogP contribution in [0.5, 0.6) is 0 Å². The van der Waals surface area contributed by atoms with Crippen LogP contribution in [0.25, 0.3) is 0 Å². The third-order valence-electron chi connectivity index (χ3n) is 2.62. The van der Waals surface area contributed by atoms with Crippen LogP contribution in [0.15, 0.2) is 47.5 Å². The number of thioether (sulfide) groups is 1. The molecule has 0 unspecified atom stereocenters. The topological polar surface area (TPSA) is 12.9 Å². The first-order valence-electron chi connectivity index (χ1n) is 5.48. The van der Waals surface area contributed by atoms with E-state index in [0.717, 1.165) is 11.4 Å². The summed E-state index contributed by atoms with van der Waals surface area (Å²) >= 11 is 7.68. The number of hydrogen-bond acceptors (Lipinski definition) is 2. The fourth-order valence-corrected chi connectivity index (χ4v) is 2.86. The van der Waals surface area contributed by atoms with Gasteiger partial charge in [-0.25, -0.2) is 0 Å². The zero-order chi connectivity index (χ0) is 12.1. The van der Waals surface area contributed by atoms with Crippen LogP contribution in [0, 0.1) is 6.92 Å². The molecule has 0 fully saturated rings. The number of hydrogen-bond donors (Lipinski definition) is 0. The average Bonchev–Trinajstić information content (AvgIpc) is 2.39. The van der Waals surface area contributed by atoms with Gasteiger partial charge in [0.2, 0.25) is 0 Å². The highest BCUT2D eigenvalue weighted by molar-refractivity contribution is 7.98. The Bertz CT molecular complexity index is 488. The molecule has 0 aliphatic carbocycles. The minimum absolute atomic E-state index is 0. The summed E-state index contributed by atoms with van der Waals surface area (Å²) in [6, 6.07) is 12.5. The maximum absolute atomic E-state index is 5.85. The molecule has 0 spiro atoms. The number of aromatic nitrogens is 1. The molecule has 18 heavy (non-hydrogen) atoms. The van der Waals surface area contributed by atoms with E-state index < -0.39 is 0 Å². The molecule has 0 radical (unpaired) electrons. The highest BCUT2D eigenvalue weighted by Gasteiger charge is 2.05. The van der Waals surface area contributed by atoms with Gasteiger partial charge < -0.3 is 0 Å². The lowest BCUT2D eigenvalue weighted by atomic mass is 10.2. The Balaban J connectivity index is 0.00000162. The fourth-order valence-electron chi connectivity index (χ4n) is 1.59. The van der Waals surface area contributed by atoms with E-state index in [1.165, 1.54) is 16.0 Å². The monoisotopic (exact) mass is 299 g/mol. The van der Waals surface area contributed by atoms with Gasteiger partial charge >= 0.3 is 0 Å². The van der Waals surface area contributed by atoms with E-state index in [2.05, 4.69) is 42.2 Å². The van der Waals surface area contributed by atoms with E-state index in [4.69, 9.17) is 11.6 Å². The Morgan fingerprint density at radius 3 is 2.56 bits per heavy atom. The standard InChI is InChI=1S/C14H14ClNS.ClH/c1-11-13(9-15)16-8-7-14(11)17-10-12-5-3-2-4-6-12;/h2-8H,9-10H2,1H3;1H. The van der Waals surface area contributed by atoms with Gasteiger partial charge in [0, 0.05) is 16.8 Å². The van der Waals surface area contributed by atoms with E-state index in [-0.39, 0.29) is 12.4 Å². The van der Waals surface area contributed by atoms with Crippen molar-refractivity contribution in [2.45, 2.75) is 23.5 Å².